The van der Waals surface area contributed by atoms with Gasteiger partial charge < -0.3 is 10.2 Å². The van der Waals surface area contributed by atoms with Crippen LogP contribution in [0.5, 0.6) is 0 Å². The monoisotopic (exact) mass is 421 g/mol. The van der Waals surface area contributed by atoms with Gasteiger partial charge in [-0.3, -0.25) is 14.5 Å². The lowest BCUT2D eigenvalue weighted by atomic mass is 9.90. The van der Waals surface area contributed by atoms with Crippen molar-refractivity contribution < 1.29 is 14.4 Å². The fourth-order valence-corrected chi connectivity index (χ4v) is 3.74. The number of hydrogen-bond donors (Lipinski definition) is 1. The Morgan fingerprint density at radius 1 is 1.03 bits per heavy atom. The van der Waals surface area contributed by atoms with E-state index in [1.54, 1.807) is 14.0 Å². The number of urea groups is 1. The predicted octanol–water partition coefficient (Wildman–Crippen LogP) is 3.80. The molecule has 4 amide bonds. The molecular formula is C25H31N3O3. The van der Waals surface area contributed by atoms with Gasteiger partial charge in [-0.2, -0.15) is 0 Å². The summed E-state index contributed by atoms with van der Waals surface area (Å²) < 4.78 is 0. The number of carbonyl (C=O) groups is 3. The minimum Gasteiger partial charge on any atom is -0.340 e. The highest BCUT2D eigenvalue weighted by atomic mass is 16.2. The molecule has 31 heavy (non-hydrogen) atoms. The largest absolute Gasteiger partial charge is 0.340 e. The number of amides is 4. The number of nitrogens with one attached hydrogen (secondary N) is 1. The fraction of sp³-hybridized carbons (Fsp3) is 0.400. The summed E-state index contributed by atoms with van der Waals surface area (Å²) in [5.74, 6) is -0.329. The first-order chi connectivity index (χ1) is 14.7. The molecule has 3 rings (SSSR count). The fourth-order valence-electron chi connectivity index (χ4n) is 3.74. The van der Waals surface area contributed by atoms with Crippen LogP contribution < -0.4 is 5.32 Å². The van der Waals surface area contributed by atoms with Gasteiger partial charge in [0, 0.05) is 13.6 Å². The second-order valence-corrected chi connectivity index (χ2v) is 8.64. The standard InChI is InChI=1S/C25H31N3O3/c1-6-18-7-9-19(10-8-18)15-27(5)22(29)16-28-23(30)25(4,26-24(28)31)21-13-11-20(12-14-21)17(2)3/h7-14,17H,6,15-16H2,1-5H3,(H,26,31). The van der Waals surface area contributed by atoms with E-state index in [-0.39, 0.29) is 12.5 Å². The van der Waals surface area contributed by atoms with Crippen LogP contribution in [0.15, 0.2) is 48.5 Å². The van der Waals surface area contributed by atoms with E-state index in [9.17, 15) is 14.4 Å². The van der Waals surface area contributed by atoms with Crippen molar-refractivity contribution in [2.75, 3.05) is 13.6 Å². The quantitative estimate of drug-likeness (QED) is 0.692. The molecule has 1 aliphatic heterocycles. The molecule has 6 heteroatoms. The Kier molecular flexibility index (Phi) is 6.48. The average Bonchev–Trinajstić information content (AvgIpc) is 2.98. The molecule has 1 unspecified atom stereocenters. The number of likely N-dealkylation sites (N-methyl/N-ethyl adjacent to an activating group) is 1. The molecule has 1 saturated heterocycles. The number of hydrogen-bond acceptors (Lipinski definition) is 3. The molecule has 0 spiro atoms. The van der Waals surface area contributed by atoms with Gasteiger partial charge in [-0.15, -0.1) is 0 Å². The highest BCUT2D eigenvalue weighted by Gasteiger charge is 2.49. The third-order valence-corrected chi connectivity index (χ3v) is 6.00. The van der Waals surface area contributed by atoms with Gasteiger partial charge in [0.2, 0.25) is 5.91 Å². The molecule has 0 bridgehead atoms. The topological polar surface area (TPSA) is 69.7 Å². The molecule has 6 nitrogen and oxygen atoms in total. The van der Waals surface area contributed by atoms with Gasteiger partial charge in [-0.05, 0) is 41.5 Å². The Bertz CT molecular complexity index is 967. The zero-order chi connectivity index (χ0) is 22.8. The second-order valence-electron chi connectivity index (χ2n) is 8.64. The van der Waals surface area contributed by atoms with Crippen molar-refractivity contribution in [3.05, 3.63) is 70.8 Å². The molecule has 2 aromatic carbocycles. The van der Waals surface area contributed by atoms with Crippen LogP contribution in [0.3, 0.4) is 0 Å². The maximum Gasteiger partial charge on any atom is 0.325 e. The summed E-state index contributed by atoms with van der Waals surface area (Å²) in [6, 6.07) is 15.2. The summed E-state index contributed by atoms with van der Waals surface area (Å²) in [6.45, 7) is 8.10. The summed E-state index contributed by atoms with van der Waals surface area (Å²) in [5, 5.41) is 2.77. The van der Waals surface area contributed by atoms with Crippen LogP contribution in [0.25, 0.3) is 0 Å². The van der Waals surface area contributed by atoms with Gasteiger partial charge in [-0.25, -0.2) is 4.79 Å². The number of carbonyl (C=O) groups excluding carboxylic acids is 3. The zero-order valence-electron chi connectivity index (χ0n) is 18.9. The number of aryl methyl sites for hydroxylation is 1. The number of imide groups is 1. The van der Waals surface area contributed by atoms with Crippen molar-refractivity contribution >= 4 is 17.8 Å². The molecule has 164 valence electrons. The Hall–Kier alpha value is -3.15. The number of nitrogens with zero attached hydrogens (tertiary/aromatic N) is 2. The van der Waals surface area contributed by atoms with E-state index in [0.717, 1.165) is 22.4 Å². The van der Waals surface area contributed by atoms with E-state index in [4.69, 9.17) is 0 Å². The second kappa shape index (κ2) is 8.92. The van der Waals surface area contributed by atoms with Crippen molar-refractivity contribution in [3.63, 3.8) is 0 Å². The lowest BCUT2D eigenvalue weighted by Crippen LogP contribution is -2.43. The van der Waals surface area contributed by atoms with Crippen molar-refractivity contribution in [2.45, 2.75) is 52.1 Å². The van der Waals surface area contributed by atoms with Crippen LogP contribution in [0.2, 0.25) is 0 Å². The van der Waals surface area contributed by atoms with Crippen molar-refractivity contribution in [2.24, 2.45) is 0 Å². The summed E-state index contributed by atoms with van der Waals surface area (Å²) in [5.41, 5.74) is 2.92. The highest BCUT2D eigenvalue weighted by molar-refractivity contribution is 6.09. The van der Waals surface area contributed by atoms with E-state index in [1.165, 1.54) is 10.5 Å². The smallest absolute Gasteiger partial charge is 0.325 e. The SMILES string of the molecule is CCc1ccc(CN(C)C(=O)CN2C(=O)NC(C)(c3ccc(C(C)C)cc3)C2=O)cc1. The Morgan fingerprint density at radius 2 is 1.61 bits per heavy atom. The van der Waals surface area contributed by atoms with E-state index in [1.807, 2.05) is 48.5 Å². The van der Waals surface area contributed by atoms with E-state index in [0.29, 0.717) is 18.0 Å². The van der Waals surface area contributed by atoms with Gasteiger partial charge >= 0.3 is 6.03 Å². The molecule has 0 radical (unpaired) electrons. The Labute approximate surface area is 184 Å². The van der Waals surface area contributed by atoms with Crippen LogP contribution in [0.1, 0.15) is 55.9 Å². The van der Waals surface area contributed by atoms with Gasteiger partial charge in [0.15, 0.2) is 0 Å². The van der Waals surface area contributed by atoms with Crippen molar-refractivity contribution in [1.29, 1.82) is 0 Å². The first kappa shape index (κ1) is 22.5. The zero-order valence-corrected chi connectivity index (χ0v) is 18.9. The molecule has 1 N–H and O–H groups in total. The van der Waals surface area contributed by atoms with Crippen LogP contribution in [0.4, 0.5) is 4.79 Å². The lowest BCUT2D eigenvalue weighted by Gasteiger charge is -2.24. The number of benzene rings is 2. The minimum absolute atomic E-state index is 0.284. The Balaban J connectivity index is 1.69. The summed E-state index contributed by atoms with van der Waals surface area (Å²) >= 11 is 0. The van der Waals surface area contributed by atoms with Gasteiger partial charge in [0.05, 0.1) is 0 Å². The van der Waals surface area contributed by atoms with Crippen molar-refractivity contribution in [1.82, 2.24) is 15.1 Å². The molecule has 2 aromatic rings. The molecule has 0 aromatic heterocycles. The van der Waals surface area contributed by atoms with Crippen LogP contribution in [0, 0.1) is 0 Å². The van der Waals surface area contributed by atoms with Gasteiger partial charge in [0.25, 0.3) is 5.91 Å². The molecule has 1 fully saturated rings. The van der Waals surface area contributed by atoms with Crippen molar-refractivity contribution in [3.8, 4) is 0 Å². The first-order valence-electron chi connectivity index (χ1n) is 10.7. The third-order valence-electron chi connectivity index (χ3n) is 6.00. The molecule has 1 atom stereocenters. The van der Waals surface area contributed by atoms with Crippen LogP contribution in [-0.4, -0.2) is 41.2 Å². The normalized spacial score (nSPS) is 18.5. The third kappa shape index (κ3) is 4.63. The summed E-state index contributed by atoms with van der Waals surface area (Å²) in [7, 11) is 1.68. The highest BCUT2D eigenvalue weighted by Crippen LogP contribution is 2.30. The summed E-state index contributed by atoms with van der Waals surface area (Å²) in [4.78, 5) is 41.0. The van der Waals surface area contributed by atoms with Crippen LogP contribution in [-0.2, 0) is 28.1 Å². The average molecular weight is 422 g/mol. The molecular weight excluding hydrogens is 390 g/mol. The maximum atomic E-state index is 13.1. The maximum absolute atomic E-state index is 13.1. The van der Waals surface area contributed by atoms with E-state index < -0.39 is 17.5 Å². The molecule has 1 aliphatic rings. The van der Waals surface area contributed by atoms with Gasteiger partial charge in [0.1, 0.15) is 12.1 Å². The summed E-state index contributed by atoms with van der Waals surface area (Å²) in [6.07, 6.45) is 0.959. The molecule has 1 heterocycles. The first-order valence-corrected chi connectivity index (χ1v) is 10.7. The lowest BCUT2D eigenvalue weighted by molar-refractivity contribution is -0.138. The molecule has 0 aliphatic carbocycles. The Morgan fingerprint density at radius 3 is 2.16 bits per heavy atom. The van der Waals surface area contributed by atoms with Gasteiger partial charge in [-0.1, -0.05) is 69.3 Å². The van der Waals surface area contributed by atoms with Crippen LogP contribution >= 0.6 is 0 Å². The predicted molar refractivity (Wildman–Crippen MR) is 120 cm³/mol. The number of rotatable bonds is 7. The van der Waals surface area contributed by atoms with E-state index in [2.05, 4.69) is 26.1 Å². The minimum atomic E-state index is -1.18. The van der Waals surface area contributed by atoms with E-state index >= 15 is 0 Å². The molecule has 0 saturated carbocycles.